The van der Waals surface area contributed by atoms with Gasteiger partial charge in [0, 0.05) is 7.05 Å². The predicted octanol–water partition coefficient (Wildman–Crippen LogP) is 1.65. The first-order valence-electron chi connectivity index (χ1n) is 6.86. The Morgan fingerprint density at radius 1 is 1.27 bits per heavy atom. The van der Waals surface area contributed by atoms with Gasteiger partial charge in [-0.2, -0.15) is 0 Å². The van der Waals surface area contributed by atoms with Crippen molar-refractivity contribution in [2.24, 2.45) is 0 Å². The summed E-state index contributed by atoms with van der Waals surface area (Å²) in [6.07, 6.45) is 2.80. The average molecular weight is 297 g/mol. The highest BCUT2D eigenvalue weighted by molar-refractivity contribution is 5.79. The number of carbonyl (C=O) groups is 1. The third kappa shape index (κ3) is 2.76. The molecule has 2 aromatic heterocycles. The van der Waals surface area contributed by atoms with E-state index in [1.165, 1.54) is 15.7 Å². The molecule has 6 nitrogen and oxygen atoms in total. The monoisotopic (exact) mass is 297 g/mol. The standard InChI is InChI=1S/C16H15N3O3/c1-18(10-12-5-4-8-22-12)16(21)11-19-14-7-3-2-6-13(14)17-9-15(19)20/h2-9H,10-11H2,1H3. The summed E-state index contributed by atoms with van der Waals surface area (Å²) in [4.78, 5) is 30.0. The maximum atomic E-state index is 12.3. The number of carbonyl (C=O) groups excluding carboxylic acids is 1. The Kier molecular flexibility index (Phi) is 3.74. The van der Waals surface area contributed by atoms with E-state index in [2.05, 4.69) is 4.98 Å². The molecule has 0 N–H and O–H groups in total. The van der Waals surface area contributed by atoms with Crippen LogP contribution in [-0.2, 0) is 17.9 Å². The maximum absolute atomic E-state index is 12.3. The van der Waals surface area contributed by atoms with Gasteiger partial charge in [0.25, 0.3) is 5.56 Å². The molecule has 0 aliphatic carbocycles. The molecule has 0 saturated heterocycles. The van der Waals surface area contributed by atoms with E-state index in [1.54, 1.807) is 31.5 Å². The lowest BCUT2D eigenvalue weighted by atomic mass is 10.3. The Morgan fingerprint density at radius 2 is 2.09 bits per heavy atom. The van der Waals surface area contributed by atoms with E-state index in [0.29, 0.717) is 23.3 Å². The number of likely N-dealkylation sites (N-methyl/N-ethyl adjacent to an activating group) is 1. The fourth-order valence-corrected chi connectivity index (χ4v) is 2.26. The van der Waals surface area contributed by atoms with Gasteiger partial charge in [-0.05, 0) is 24.3 Å². The van der Waals surface area contributed by atoms with Crippen LogP contribution < -0.4 is 5.56 Å². The number of rotatable bonds is 4. The summed E-state index contributed by atoms with van der Waals surface area (Å²) in [6, 6.07) is 10.8. The Morgan fingerprint density at radius 3 is 2.86 bits per heavy atom. The lowest BCUT2D eigenvalue weighted by Gasteiger charge is -2.17. The van der Waals surface area contributed by atoms with Crippen molar-refractivity contribution in [3.63, 3.8) is 0 Å². The topological polar surface area (TPSA) is 68.3 Å². The molecular weight excluding hydrogens is 282 g/mol. The number of furan rings is 1. The fourth-order valence-electron chi connectivity index (χ4n) is 2.26. The van der Waals surface area contributed by atoms with Gasteiger partial charge in [0.15, 0.2) is 0 Å². The van der Waals surface area contributed by atoms with Gasteiger partial charge in [-0.25, -0.2) is 4.98 Å². The minimum Gasteiger partial charge on any atom is -0.467 e. The van der Waals surface area contributed by atoms with Crippen LogP contribution in [0.5, 0.6) is 0 Å². The number of benzene rings is 1. The Labute approximate surface area is 126 Å². The van der Waals surface area contributed by atoms with Crippen LogP contribution in [0.1, 0.15) is 5.76 Å². The zero-order valence-corrected chi connectivity index (χ0v) is 12.1. The minimum atomic E-state index is -0.293. The van der Waals surface area contributed by atoms with Gasteiger partial charge >= 0.3 is 0 Å². The molecule has 0 aliphatic heterocycles. The normalized spacial score (nSPS) is 10.8. The maximum Gasteiger partial charge on any atom is 0.269 e. The highest BCUT2D eigenvalue weighted by Gasteiger charge is 2.14. The number of amides is 1. The third-order valence-electron chi connectivity index (χ3n) is 3.44. The zero-order valence-electron chi connectivity index (χ0n) is 12.1. The van der Waals surface area contributed by atoms with Crippen molar-refractivity contribution in [3.05, 3.63) is 65.0 Å². The predicted molar refractivity (Wildman–Crippen MR) is 81.2 cm³/mol. The number of nitrogens with zero attached hydrogens (tertiary/aromatic N) is 3. The summed E-state index contributed by atoms with van der Waals surface area (Å²) in [5.41, 5.74) is 1.04. The van der Waals surface area contributed by atoms with Crippen molar-refractivity contribution in [1.29, 1.82) is 0 Å². The zero-order chi connectivity index (χ0) is 15.5. The number of aromatic nitrogens is 2. The van der Waals surface area contributed by atoms with Crippen molar-refractivity contribution in [2.45, 2.75) is 13.1 Å². The van der Waals surface area contributed by atoms with Gasteiger partial charge in [0.05, 0.1) is 30.0 Å². The molecule has 0 radical (unpaired) electrons. The van der Waals surface area contributed by atoms with Crippen molar-refractivity contribution in [3.8, 4) is 0 Å². The number of para-hydroxylation sites is 2. The third-order valence-corrected chi connectivity index (χ3v) is 3.44. The molecule has 6 heteroatoms. The summed E-state index contributed by atoms with van der Waals surface area (Å²) in [6.45, 7) is 0.336. The van der Waals surface area contributed by atoms with E-state index in [4.69, 9.17) is 4.42 Å². The van der Waals surface area contributed by atoms with Gasteiger partial charge in [0.2, 0.25) is 5.91 Å². The highest BCUT2D eigenvalue weighted by atomic mass is 16.3. The number of hydrogen-bond acceptors (Lipinski definition) is 4. The van der Waals surface area contributed by atoms with E-state index in [0.717, 1.165) is 0 Å². The second-order valence-corrected chi connectivity index (χ2v) is 5.00. The van der Waals surface area contributed by atoms with E-state index in [9.17, 15) is 9.59 Å². The van der Waals surface area contributed by atoms with E-state index >= 15 is 0 Å². The summed E-state index contributed by atoms with van der Waals surface area (Å²) in [5, 5.41) is 0. The molecular formula is C16H15N3O3. The second-order valence-electron chi connectivity index (χ2n) is 5.00. The molecule has 1 amide bonds. The first-order valence-corrected chi connectivity index (χ1v) is 6.86. The van der Waals surface area contributed by atoms with Crippen LogP contribution in [0.15, 0.2) is 58.1 Å². The molecule has 0 bridgehead atoms. The largest absolute Gasteiger partial charge is 0.467 e. The second kappa shape index (κ2) is 5.85. The summed E-state index contributed by atoms with van der Waals surface area (Å²) in [7, 11) is 1.68. The van der Waals surface area contributed by atoms with Crippen molar-refractivity contribution in [2.75, 3.05) is 7.05 Å². The van der Waals surface area contributed by atoms with Crippen LogP contribution in [0.3, 0.4) is 0 Å². The number of fused-ring (bicyclic) bond motifs is 1. The smallest absolute Gasteiger partial charge is 0.269 e. The molecule has 2 heterocycles. The van der Waals surface area contributed by atoms with Gasteiger partial charge in [-0.15, -0.1) is 0 Å². The Hall–Kier alpha value is -2.89. The van der Waals surface area contributed by atoms with Gasteiger partial charge in [-0.3, -0.25) is 14.2 Å². The average Bonchev–Trinajstić information content (AvgIpc) is 3.03. The van der Waals surface area contributed by atoms with Crippen molar-refractivity contribution < 1.29 is 9.21 Å². The van der Waals surface area contributed by atoms with Crippen LogP contribution in [-0.4, -0.2) is 27.4 Å². The first-order chi connectivity index (χ1) is 10.6. The minimum absolute atomic E-state index is 0.0287. The molecule has 0 atom stereocenters. The van der Waals surface area contributed by atoms with E-state index < -0.39 is 0 Å². The van der Waals surface area contributed by atoms with Crippen molar-refractivity contribution >= 4 is 16.9 Å². The van der Waals surface area contributed by atoms with E-state index in [1.807, 2.05) is 18.2 Å². The fraction of sp³-hybridized carbons (Fsp3) is 0.188. The number of hydrogen-bond donors (Lipinski definition) is 0. The van der Waals surface area contributed by atoms with Crippen LogP contribution in [0, 0.1) is 0 Å². The molecule has 0 fully saturated rings. The van der Waals surface area contributed by atoms with Crippen LogP contribution in [0.2, 0.25) is 0 Å². The lowest BCUT2D eigenvalue weighted by Crippen LogP contribution is -2.33. The molecule has 112 valence electrons. The molecule has 1 aromatic carbocycles. The Bertz CT molecular complexity index is 852. The summed E-state index contributed by atoms with van der Waals surface area (Å²) in [5.74, 6) is 0.526. The molecule has 0 saturated carbocycles. The molecule has 0 spiro atoms. The molecule has 0 aliphatic rings. The summed E-state index contributed by atoms with van der Waals surface area (Å²) < 4.78 is 6.66. The Balaban J connectivity index is 1.85. The molecule has 3 aromatic rings. The molecule has 0 unspecified atom stereocenters. The van der Waals surface area contributed by atoms with Gasteiger partial charge in [-0.1, -0.05) is 12.1 Å². The lowest BCUT2D eigenvalue weighted by molar-refractivity contribution is -0.131. The SMILES string of the molecule is CN(Cc1ccco1)C(=O)Cn1c(=O)cnc2ccccc21. The van der Waals surface area contributed by atoms with Crippen LogP contribution >= 0.6 is 0 Å². The molecule has 22 heavy (non-hydrogen) atoms. The first kappa shape index (κ1) is 14.1. The summed E-state index contributed by atoms with van der Waals surface area (Å²) >= 11 is 0. The van der Waals surface area contributed by atoms with Gasteiger partial charge < -0.3 is 9.32 Å². The van der Waals surface area contributed by atoms with Crippen LogP contribution in [0.4, 0.5) is 0 Å². The van der Waals surface area contributed by atoms with Crippen LogP contribution in [0.25, 0.3) is 11.0 Å². The molecule has 3 rings (SSSR count). The quantitative estimate of drug-likeness (QED) is 0.734. The highest BCUT2D eigenvalue weighted by Crippen LogP contribution is 2.09. The van der Waals surface area contributed by atoms with Crippen molar-refractivity contribution in [1.82, 2.24) is 14.5 Å². The van der Waals surface area contributed by atoms with E-state index in [-0.39, 0.29) is 18.0 Å². The van der Waals surface area contributed by atoms with Gasteiger partial charge in [0.1, 0.15) is 12.3 Å².